The number of para-hydroxylation sites is 2. The van der Waals surface area contributed by atoms with E-state index in [1.165, 1.54) is 4.70 Å². The van der Waals surface area contributed by atoms with Gasteiger partial charge in [-0.3, -0.25) is 14.0 Å². The minimum Gasteiger partial charge on any atom is -0.361 e. The molecule has 7 aromatic rings. The smallest absolute Gasteiger partial charge is 0.247 e. The number of hydrogen-bond donors (Lipinski definition) is 3. The second kappa shape index (κ2) is 11.2. The molecule has 4 aromatic carbocycles. The largest absolute Gasteiger partial charge is 0.361 e. The number of hydrogen-bond acceptors (Lipinski definition) is 4. The fourth-order valence-corrected chi connectivity index (χ4v) is 6.53. The van der Waals surface area contributed by atoms with Gasteiger partial charge in [-0.2, -0.15) is 0 Å². The van der Waals surface area contributed by atoms with Crippen LogP contribution in [0.5, 0.6) is 0 Å². The minimum atomic E-state index is -0.760. The maximum atomic E-state index is 13.6. The first kappa shape index (κ1) is 26.7. The van der Waals surface area contributed by atoms with Gasteiger partial charge in [0.2, 0.25) is 11.8 Å². The minimum absolute atomic E-state index is 0.200. The van der Waals surface area contributed by atoms with Gasteiger partial charge in [0, 0.05) is 41.0 Å². The molecule has 0 spiro atoms. The van der Waals surface area contributed by atoms with Crippen LogP contribution in [-0.2, 0) is 22.4 Å². The third-order valence-electron chi connectivity index (χ3n) is 7.65. The van der Waals surface area contributed by atoms with Gasteiger partial charge >= 0.3 is 0 Å². The molecule has 0 bridgehead atoms. The van der Waals surface area contributed by atoms with Crippen LogP contribution in [0.25, 0.3) is 37.3 Å². The molecule has 0 saturated carbocycles. The van der Waals surface area contributed by atoms with Gasteiger partial charge < -0.3 is 15.6 Å². The average molecular weight is 584 g/mol. The first-order valence-corrected chi connectivity index (χ1v) is 15.0. The Kier molecular flexibility index (Phi) is 6.96. The fourth-order valence-electron chi connectivity index (χ4n) is 5.52. The van der Waals surface area contributed by atoms with Gasteiger partial charge in [-0.15, -0.1) is 0 Å². The van der Waals surface area contributed by atoms with Crippen LogP contribution in [0.3, 0.4) is 0 Å². The van der Waals surface area contributed by atoms with Crippen LogP contribution in [0, 0.1) is 6.92 Å². The standard InChI is InChI=1S/C35H29N5O2S/c1-22-7-6-8-23(17-22)18-33(41)38-29(19-25-20-36-28-10-3-2-9-27(25)28)34(42)37-26-15-13-24(14-16-26)30-21-40-31-11-4-5-12-32(31)43-35(40)39-30/h2-17,20-21,29,36H,18-19H2,1H3,(H,37,42)(H,38,41)/t29-/m0/s1. The Bertz CT molecular complexity index is 2100. The SMILES string of the molecule is Cc1cccc(CC(=O)N[C@@H](Cc2c[nH]c3ccccc23)C(=O)Nc2ccc(-c3cn4c(n3)sc3ccccc34)cc2)c1. The van der Waals surface area contributed by atoms with Crippen molar-refractivity contribution < 1.29 is 9.59 Å². The number of thiazole rings is 1. The summed E-state index contributed by atoms with van der Waals surface area (Å²) < 4.78 is 3.31. The zero-order chi connectivity index (χ0) is 29.3. The van der Waals surface area contributed by atoms with Crippen molar-refractivity contribution in [3.8, 4) is 11.3 Å². The highest BCUT2D eigenvalue weighted by molar-refractivity contribution is 7.23. The average Bonchev–Trinajstić information content (AvgIpc) is 3.70. The Labute approximate surface area is 252 Å². The topological polar surface area (TPSA) is 91.3 Å². The van der Waals surface area contributed by atoms with Gasteiger partial charge in [0.1, 0.15) is 6.04 Å². The number of H-pyrrole nitrogens is 1. The highest BCUT2D eigenvalue weighted by Gasteiger charge is 2.23. The molecule has 0 fully saturated rings. The van der Waals surface area contributed by atoms with E-state index >= 15 is 0 Å². The van der Waals surface area contributed by atoms with Gasteiger partial charge in [0.15, 0.2) is 4.96 Å². The van der Waals surface area contributed by atoms with E-state index in [1.54, 1.807) is 11.3 Å². The highest BCUT2D eigenvalue weighted by Crippen LogP contribution is 2.30. The summed E-state index contributed by atoms with van der Waals surface area (Å²) in [7, 11) is 0. The van der Waals surface area contributed by atoms with E-state index in [0.717, 1.165) is 49.3 Å². The van der Waals surface area contributed by atoms with Crippen LogP contribution in [0.1, 0.15) is 16.7 Å². The Morgan fingerprint density at radius 3 is 2.63 bits per heavy atom. The number of anilines is 1. The molecule has 0 aliphatic rings. The van der Waals surface area contributed by atoms with Crippen molar-refractivity contribution in [1.29, 1.82) is 0 Å². The van der Waals surface area contributed by atoms with Crippen LogP contribution in [0.2, 0.25) is 0 Å². The second-order valence-electron chi connectivity index (χ2n) is 10.8. The van der Waals surface area contributed by atoms with Crippen LogP contribution < -0.4 is 10.6 Å². The number of amides is 2. The van der Waals surface area contributed by atoms with Crippen LogP contribution >= 0.6 is 11.3 Å². The first-order chi connectivity index (χ1) is 21.0. The lowest BCUT2D eigenvalue weighted by Gasteiger charge is -2.19. The van der Waals surface area contributed by atoms with Crippen molar-refractivity contribution in [3.05, 3.63) is 126 Å². The normalized spacial score (nSPS) is 12.1. The number of imidazole rings is 1. The molecular weight excluding hydrogens is 554 g/mol. The number of aromatic amines is 1. The molecule has 2 amide bonds. The fraction of sp³-hybridized carbons (Fsp3) is 0.114. The molecule has 0 aliphatic heterocycles. The molecule has 7 rings (SSSR count). The summed E-state index contributed by atoms with van der Waals surface area (Å²) >= 11 is 1.66. The summed E-state index contributed by atoms with van der Waals surface area (Å²) in [5.41, 5.74) is 7.57. The van der Waals surface area contributed by atoms with E-state index in [4.69, 9.17) is 4.98 Å². The second-order valence-corrected chi connectivity index (χ2v) is 11.8. The number of nitrogens with zero attached hydrogens (tertiary/aromatic N) is 2. The molecule has 3 aromatic heterocycles. The molecule has 1 atom stereocenters. The number of aryl methyl sites for hydroxylation is 1. The molecule has 43 heavy (non-hydrogen) atoms. The summed E-state index contributed by atoms with van der Waals surface area (Å²) in [5.74, 6) is -0.474. The summed E-state index contributed by atoms with van der Waals surface area (Å²) in [6.45, 7) is 2.00. The van der Waals surface area contributed by atoms with Gasteiger partial charge in [0.25, 0.3) is 0 Å². The van der Waals surface area contributed by atoms with Crippen molar-refractivity contribution in [2.45, 2.75) is 25.8 Å². The summed E-state index contributed by atoms with van der Waals surface area (Å²) in [6.07, 6.45) is 4.51. The van der Waals surface area contributed by atoms with E-state index in [2.05, 4.69) is 32.2 Å². The zero-order valence-corrected chi connectivity index (χ0v) is 24.3. The van der Waals surface area contributed by atoms with Crippen molar-refractivity contribution in [2.24, 2.45) is 0 Å². The number of benzene rings is 4. The van der Waals surface area contributed by atoms with Crippen molar-refractivity contribution in [3.63, 3.8) is 0 Å². The molecule has 8 heteroatoms. The van der Waals surface area contributed by atoms with Gasteiger partial charge in [0.05, 0.1) is 22.3 Å². The highest BCUT2D eigenvalue weighted by atomic mass is 32.1. The number of rotatable bonds is 8. The summed E-state index contributed by atoms with van der Waals surface area (Å²) in [6, 6.07) is 31.0. The lowest BCUT2D eigenvalue weighted by molar-refractivity contribution is -0.126. The van der Waals surface area contributed by atoms with Crippen LogP contribution in [0.4, 0.5) is 5.69 Å². The van der Waals surface area contributed by atoms with Crippen LogP contribution in [0.15, 0.2) is 109 Å². The lowest BCUT2D eigenvalue weighted by Crippen LogP contribution is -2.45. The van der Waals surface area contributed by atoms with E-state index in [0.29, 0.717) is 12.1 Å². The summed E-state index contributed by atoms with van der Waals surface area (Å²) in [4.78, 5) is 35.8. The van der Waals surface area contributed by atoms with E-state index in [1.807, 2.05) is 104 Å². The Balaban J connectivity index is 1.10. The van der Waals surface area contributed by atoms with Crippen molar-refractivity contribution >= 4 is 54.9 Å². The molecule has 212 valence electrons. The molecular formula is C35H29N5O2S. The van der Waals surface area contributed by atoms with E-state index < -0.39 is 6.04 Å². The monoisotopic (exact) mass is 583 g/mol. The van der Waals surface area contributed by atoms with Gasteiger partial charge in [-0.1, -0.05) is 83.6 Å². The Morgan fingerprint density at radius 1 is 0.953 bits per heavy atom. The molecule has 0 aliphatic carbocycles. The van der Waals surface area contributed by atoms with E-state index in [-0.39, 0.29) is 18.2 Å². The van der Waals surface area contributed by atoms with Gasteiger partial charge in [-0.05, 0) is 48.4 Å². The van der Waals surface area contributed by atoms with Crippen molar-refractivity contribution in [2.75, 3.05) is 5.32 Å². The summed E-state index contributed by atoms with van der Waals surface area (Å²) in [5, 5.41) is 7.05. The molecule has 3 heterocycles. The maximum Gasteiger partial charge on any atom is 0.247 e. The van der Waals surface area contributed by atoms with E-state index in [9.17, 15) is 9.59 Å². The number of fused-ring (bicyclic) bond motifs is 4. The molecule has 0 saturated heterocycles. The predicted molar refractivity (Wildman–Crippen MR) is 173 cm³/mol. The molecule has 0 unspecified atom stereocenters. The molecule has 7 nitrogen and oxygen atoms in total. The quantitative estimate of drug-likeness (QED) is 0.182. The Hall–Kier alpha value is -5.21. The third kappa shape index (κ3) is 5.52. The number of carbonyl (C=O) groups excluding carboxylic acids is 2. The van der Waals surface area contributed by atoms with Gasteiger partial charge in [-0.25, -0.2) is 4.98 Å². The first-order valence-electron chi connectivity index (χ1n) is 14.2. The number of aromatic nitrogens is 3. The van der Waals surface area contributed by atoms with Crippen molar-refractivity contribution in [1.82, 2.24) is 19.7 Å². The molecule has 0 radical (unpaired) electrons. The maximum absolute atomic E-state index is 13.6. The van der Waals surface area contributed by atoms with Crippen LogP contribution in [-0.4, -0.2) is 32.2 Å². The number of nitrogens with one attached hydrogen (secondary N) is 3. The predicted octanol–water partition coefficient (Wildman–Crippen LogP) is 6.91. The third-order valence-corrected chi connectivity index (χ3v) is 8.68. The lowest BCUT2D eigenvalue weighted by atomic mass is 10.0. The number of carbonyl (C=O) groups is 2. The molecule has 3 N–H and O–H groups in total. The Morgan fingerprint density at radius 2 is 1.77 bits per heavy atom. The zero-order valence-electron chi connectivity index (χ0n) is 23.5.